The maximum Gasteiger partial charge on any atom is 0.253 e. The van der Waals surface area contributed by atoms with Crippen molar-refractivity contribution in [3.05, 3.63) is 29.6 Å². The molecule has 0 aromatic heterocycles. The van der Waals surface area contributed by atoms with Crippen LogP contribution < -0.4 is 11.1 Å². The van der Waals surface area contributed by atoms with E-state index in [0.29, 0.717) is 6.54 Å². The van der Waals surface area contributed by atoms with Crippen molar-refractivity contribution in [2.24, 2.45) is 5.92 Å². The molecule has 0 radical (unpaired) electrons. The second-order valence-corrected chi connectivity index (χ2v) is 4.42. The van der Waals surface area contributed by atoms with E-state index < -0.39 is 5.82 Å². The first kappa shape index (κ1) is 14.4. The van der Waals surface area contributed by atoms with Crippen LogP contribution in [0.4, 0.5) is 10.1 Å². The van der Waals surface area contributed by atoms with Crippen molar-refractivity contribution in [2.75, 3.05) is 18.9 Å². The zero-order chi connectivity index (χ0) is 13.5. The second-order valence-electron chi connectivity index (χ2n) is 4.42. The van der Waals surface area contributed by atoms with Crippen molar-refractivity contribution in [1.29, 1.82) is 0 Å². The van der Waals surface area contributed by atoms with Crippen LogP contribution in [0, 0.1) is 11.7 Å². The molecule has 1 amide bonds. The van der Waals surface area contributed by atoms with E-state index in [1.807, 2.05) is 6.92 Å². The minimum atomic E-state index is -0.483. The first-order chi connectivity index (χ1) is 8.54. The van der Waals surface area contributed by atoms with Gasteiger partial charge in [0.2, 0.25) is 0 Å². The van der Waals surface area contributed by atoms with E-state index in [2.05, 4.69) is 5.32 Å². The lowest BCUT2D eigenvalue weighted by atomic mass is 10.1. The number of hydrogen-bond donors (Lipinski definition) is 3. The number of aliphatic hydroxyl groups excluding tert-OH is 1. The Labute approximate surface area is 106 Å². The number of benzene rings is 1. The molecule has 1 unspecified atom stereocenters. The average molecular weight is 254 g/mol. The monoisotopic (exact) mass is 254 g/mol. The molecule has 1 aromatic rings. The Bertz CT molecular complexity index is 410. The highest BCUT2D eigenvalue weighted by atomic mass is 19.1. The summed E-state index contributed by atoms with van der Waals surface area (Å²) in [5, 5.41) is 11.5. The van der Waals surface area contributed by atoms with E-state index in [1.54, 1.807) is 0 Å². The lowest BCUT2D eigenvalue weighted by molar-refractivity contribution is 0.0952. The topological polar surface area (TPSA) is 75.3 Å². The Balaban J connectivity index is 2.43. The summed E-state index contributed by atoms with van der Waals surface area (Å²) in [4.78, 5) is 11.7. The summed E-state index contributed by atoms with van der Waals surface area (Å²) in [6.07, 6.45) is 1.60. The summed E-state index contributed by atoms with van der Waals surface area (Å²) < 4.78 is 13.0. The van der Waals surface area contributed by atoms with Gasteiger partial charge in [-0.2, -0.15) is 0 Å². The summed E-state index contributed by atoms with van der Waals surface area (Å²) in [6, 6.07) is 3.72. The van der Waals surface area contributed by atoms with Crippen LogP contribution in [0.2, 0.25) is 0 Å². The highest BCUT2D eigenvalue weighted by Crippen LogP contribution is 2.13. The molecule has 0 spiro atoms. The molecule has 0 saturated heterocycles. The largest absolute Gasteiger partial charge is 0.398 e. The first-order valence-electron chi connectivity index (χ1n) is 5.98. The van der Waals surface area contributed by atoms with Gasteiger partial charge in [-0.3, -0.25) is 4.79 Å². The van der Waals surface area contributed by atoms with E-state index in [4.69, 9.17) is 10.8 Å². The quantitative estimate of drug-likeness (QED) is 0.532. The molecule has 100 valence electrons. The van der Waals surface area contributed by atoms with E-state index in [0.717, 1.165) is 18.9 Å². The fourth-order valence-corrected chi connectivity index (χ4v) is 1.56. The van der Waals surface area contributed by atoms with Gasteiger partial charge in [0.25, 0.3) is 5.91 Å². The SMILES string of the molecule is CC(CO)CCCNC(=O)c1cc(F)ccc1N. The number of carbonyl (C=O) groups excluding carboxylic acids is 1. The molecule has 0 aliphatic heterocycles. The number of aliphatic hydroxyl groups is 1. The molecule has 4 nitrogen and oxygen atoms in total. The third-order valence-corrected chi connectivity index (χ3v) is 2.73. The summed E-state index contributed by atoms with van der Waals surface area (Å²) in [5.41, 5.74) is 6.02. The van der Waals surface area contributed by atoms with Crippen molar-refractivity contribution in [2.45, 2.75) is 19.8 Å². The number of amides is 1. The first-order valence-corrected chi connectivity index (χ1v) is 5.98. The van der Waals surface area contributed by atoms with E-state index in [9.17, 15) is 9.18 Å². The van der Waals surface area contributed by atoms with Gasteiger partial charge in [-0.05, 0) is 37.0 Å². The van der Waals surface area contributed by atoms with Crippen LogP contribution in [0.1, 0.15) is 30.1 Å². The Hall–Kier alpha value is -1.62. The summed E-state index contributed by atoms with van der Waals surface area (Å²) in [6.45, 7) is 2.57. The molecule has 0 heterocycles. The third-order valence-electron chi connectivity index (χ3n) is 2.73. The van der Waals surface area contributed by atoms with Crippen molar-refractivity contribution in [3.8, 4) is 0 Å². The van der Waals surface area contributed by atoms with Crippen LogP contribution in [-0.2, 0) is 0 Å². The molecule has 0 bridgehead atoms. The van der Waals surface area contributed by atoms with Crippen molar-refractivity contribution < 1.29 is 14.3 Å². The molecule has 18 heavy (non-hydrogen) atoms. The van der Waals surface area contributed by atoms with Crippen molar-refractivity contribution in [3.63, 3.8) is 0 Å². The lowest BCUT2D eigenvalue weighted by Crippen LogP contribution is -2.25. The molecule has 0 aliphatic carbocycles. The Morgan fingerprint density at radius 3 is 2.94 bits per heavy atom. The fourth-order valence-electron chi connectivity index (χ4n) is 1.56. The molecular formula is C13H19FN2O2. The van der Waals surface area contributed by atoms with E-state index in [-0.39, 0.29) is 29.7 Å². The number of rotatable bonds is 6. The van der Waals surface area contributed by atoms with Crippen molar-refractivity contribution >= 4 is 11.6 Å². The summed E-state index contributed by atoms with van der Waals surface area (Å²) in [7, 11) is 0. The number of anilines is 1. The lowest BCUT2D eigenvalue weighted by Gasteiger charge is -2.09. The van der Waals surface area contributed by atoms with Gasteiger partial charge in [0.1, 0.15) is 5.82 Å². The molecule has 0 aliphatic rings. The molecule has 4 N–H and O–H groups in total. The molecule has 0 saturated carbocycles. The Morgan fingerprint density at radius 2 is 2.28 bits per heavy atom. The highest BCUT2D eigenvalue weighted by molar-refractivity contribution is 5.99. The predicted octanol–water partition coefficient (Wildman–Crippen LogP) is 1.55. The maximum absolute atomic E-state index is 13.0. The molecule has 5 heteroatoms. The molecule has 0 fully saturated rings. The van der Waals surface area contributed by atoms with Crippen LogP contribution in [-0.4, -0.2) is 24.2 Å². The van der Waals surface area contributed by atoms with Gasteiger partial charge in [-0.1, -0.05) is 6.92 Å². The van der Waals surface area contributed by atoms with Gasteiger partial charge in [-0.15, -0.1) is 0 Å². The number of nitrogens with one attached hydrogen (secondary N) is 1. The van der Waals surface area contributed by atoms with Crippen LogP contribution in [0.15, 0.2) is 18.2 Å². The minimum absolute atomic E-state index is 0.144. The smallest absolute Gasteiger partial charge is 0.253 e. The number of carbonyl (C=O) groups is 1. The van der Waals surface area contributed by atoms with Gasteiger partial charge < -0.3 is 16.2 Å². The van der Waals surface area contributed by atoms with Crippen LogP contribution in [0.3, 0.4) is 0 Å². The van der Waals surface area contributed by atoms with Crippen LogP contribution in [0.5, 0.6) is 0 Å². The Morgan fingerprint density at radius 1 is 1.56 bits per heavy atom. The number of nitrogens with two attached hydrogens (primary N) is 1. The third kappa shape index (κ3) is 4.33. The summed E-state index contributed by atoms with van der Waals surface area (Å²) in [5.74, 6) is -0.631. The fraction of sp³-hybridized carbons (Fsp3) is 0.462. The van der Waals surface area contributed by atoms with Gasteiger partial charge in [0.05, 0.1) is 5.56 Å². The highest BCUT2D eigenvalue weighted by Gasteiger charge is 2.10. The number of halogens is 1. The zero-order valence-corrected chi connectivity index (χ0v) is 10.4. The van der Waals surface area contributed by atoms with Gasteiger partial charge >= 0.3 is 0 Å². The minimum Gasteiger partial charge on any atom is -0.398 e. The molecule has 1 atom stereocenters. The van der Waals surface area contributed by atoms with Gasteiger partial charge in [0.15, 0.2) is 0 Å². The molecule has 1 aromatic carbocycles. The number of hydrogen-bond acceptors (Lipinski definition) is 3. The Kier molecular flexibility index (Phi) is 5.58. The average Bonchev–Trinajstić information content (AvgIpc) is 2.36. The van der Waals surface area contributed by atoms with Crippen molar-refractivity contribution in [1.82, 2.24) is 5.32 Å². The predicted molar refractivity (Wildman–Crippen MR) is 68.6 cm³/mol. The van der Waals surface area contributed by atoms with E-state index in [1.165, 1.54) is 12.1 Å². The second kappa shape index (κ2) is 6.96. The number of nitrogen functional groups attached to an aromatic ring is 1. The zero-order valence-electron chi connectivity index (χ0n) is 10.4. The van der Waals surface area contributed by atoms with Crippen LogP contribution in [0.25, 0.3) is 0 Å². The van der Waals surface area contributed by atoms with Gasteiger partial charge in [-0.25, -0.2) is 4.39 Å². The van der Waals surface area contributed by atoms with E-state index >= 15 is 0 Å². The standard InChI is InChI=1S/C13H19FN2O2/c1-9(8-17)3-2-6-16-13(18)11-7-10(14)4-5-12(11)15/h4-5,7,9,17H,2-3,6,8,15H2,1H3,(H,16,18). The summed E-state index contributed by atoms with van der Waals surface area (Å²) >= 11 is 0. The molecular weight excluding hydrogens is 235 g/mol. The van der Waals surface area contributed by atoms with Crippen LogP contribution >= 0.6 is 0 Å². The normalized spacial score (nSPS) is 12.2. The van der Waals surface area contributed by atoms with Gasteiger partial charge in [0, 0.05) is 18.8 Å². The maximum atomic E-state index is 13.0. The molecule has 1 rings (SSSR count).